The average molecular weight is 309 g/mol. The Hall–Kier alpha value is -0.833. The molecule has 0 saturated heterocycles. The minimum Gasteiger partial charge on any atom is -0.542 e. The number of halogens is 1. The maximum Gasteiger partial charge on any atom is 0.250 e. The molecule has 0 aliphatic heterocycles. The van der Waals surface area contributed by atoms with E-state index in [2.05, 4.69) is 39.9 Å². The third-order valence-corrected chi connectivity index (χ3v) is 9.55. The first-order valence-corrected chi connectivity index (χ1v) is 11.1. The van der Waals surface area contributed by atoms with Crippen LogP contribution in [0.1, 0.15) is 64.4 Å². The Morgan fingerprint density at radius 2 is 1.71 bits per heavy atom. The van der Waals surface area contributed by atoms with Crippen molar-refractivity contribution in [1.29, 1.82) is 0 Å². The van der Waals surface area contributed by atoms with Gasteiger partial charge in [-0.1, -0.05) is 46.1 Å². The monoisotopic (exact) mass is 308 g/mol. The lowest BCUT2D eigenvalue weighted by Gasteiger charge is -2.36. The molecule has 3 heteroatoms. The van der Waals surface area contributed by atoms with Gasteiger partial charge in [-0.25, -0.2) is 4.39 Å². The molecule has 0 N–H and O–H groups in total. The van der Waals surface area contributed by atoms with Crippen LogP contribution in [0.25, 0.3) is 0 Å². The first kappa shape index (κ1) is 16.5. The number of hydrogen-bond acceptors (Lipinski definition) is 1. The van der Waals surface area contributed by atoms with Gasteiger partial charge in [-0.3, -0.25) is 0 Å². The zero-order valence-corrected chi connectivity index (χ0v) is 15.1. The first-order valence-electron chi connectivity index (χ1n) is 8.19. The van der Waals surface area contributed by atoms with Gasteiger partial charge in [0.15, 0.2) is 5.82 Å². The van der Waals surface area contributed by atoms with Gasteiger partial charge in [0.05, 0.1) is 0 Å². The van der Waals surface area contributed by atoms with Crippen LogP contribution in [0, 0.1) is 5.82 Å². The van der Waals surface area contributed by atoms with Crippen LogP contribution in [0.2, 0.25) is 18.1 Å². The normalized spacial score (nSPS) is 17.8. The van der Waals surface area contributed by atoms with Gasteiger partial charge in [0.2, 0.25) is 0 Å². The highest BCUT2D eigenvalue weighted by molar-refractivity contribution is 6.74. The van der Waals surface area contributed by atoms with E-state index in [4.69, 9.17) is 4.43 Å². The molecule has 0 unspecified atom stereocenters. The molecule has 0 bridgehead atoms. The molecule has 0 heterocycles. The Morgan fingerprint density at radius 3 is 2.24 bits per heavy atom. The van der Waals surface area contributed by atoms with Gasteiger partial charge >= 0.3 is 0 Å². The lowest BCUT2D eigenvalue weighted by atomic mass is 9.84. The van der Waals surface area contributed by atoms with Gasteiger partial charge in [-0.05, 0) is 54.6 Å². The molecule has 1 fully saturated rings. The fourth-order valence-corrected chi connectivity index (χ4v) is 3.74. The lowest BCUT2D eigenvalue weighted by Crippen LogP contribution is -2.44. The first-order chi connectivity index (χ1) is 9.71. The molecule has 0 spiro atoms. The summed E-state index contributed by atoms with van der Waals surface area (Å²) in [6.07, 6.45) is 6.26. The molecular weight excluding hydrogens is 279 g/mol. The second-order valence-corrected chi connectivity index (χ2v) is 12.6. The highest BCUT2D eigenvalue weighted by Crippen LogP contribution is 2.39. The van der Waals surface area contributed by atoms with Gasteiger partial charge in [-0.2, -0.15) is 0 Å². The Morgan fingerprint density at radius 1 is 1.10 bits per heavy atom. The van der Waals surface area contributed by atoms with Crippen molar-refractivity contribution >= 4 is 8.32 Å². The Kier molecular flexibility index (Phi) is 4.81. The van der Waals surface area contributed by atoms with Crippen LogP contribution in [0.15, 0.2) is 18.2 Å². The molecule has 0 atom stereocenters. The summed E-state index contributed by atoms with van der Waals surface area (Å²) in [4.78, 5) is 0. The number of hydrogen-bond donors (Lipinski definition) is 0. The van der Waals surface area contributed by atoms with E-state index in [0.29, 0.717) is 11.7 Å². The van der Waals surface area contributed by atoms with Crippen LogP contribution >= 0.6 is 0 Å². The molecular formula is C18H29FOSi. The standard InChI is InChI=1S/C18H29FOSi/c1-18(2,3)21(4,5)20-17-12-11-15(13-16(17)19)14-9-7-6-8-10-14/h11-14H,6-10H2,1-5H3. The zero-order valence-electron chi connectivity index (χ0n) is 14.1. The fourth-order valence-electron chi connectivity index (χ4n) is 2.72. The van der Waals surface area contributed by atoms with Crippen LogP contribution in [0.5, 0.6) is 5.75 Å². The summed E-state index contributed by atoms with van der Waals surface area (Å²) in [5, 5.41) is 0.0848. The van der Waals surface area contributed by atoms with E-state index in [1.165, 1.54) is 32.1 Å². The fraction of sp³-hybridized carbons (Fsp3) is 0.667. The van der Waals surface area contributed by atoms with Crippen molar-refractivity contribution in [2.24, 2.45) is 0 Å². The van der Waals surface area contributed by atoms with Gasteiger partial charge in [0.1, 0.15) is 5.75 Å². The largest absolute Gasteiger partial charge is 0.542 e. The molecule has 1 aromatic carbocycles. The minimum absolute atomic E-state index is 0.0848. The molecule has 0 amide bonds. The SMILES string of the molecule is CC(C)(C)[Si](C)(C)Oc1ccc(C2CCCCC2)cc1F. The summed E-state index contributed by atoms with van der Waals surface area (Å²) in [5.74, 6) is 0.777. The minimum atomic E-state index is -1.97. The van der Waals surface area contributed by atoms with Crippen LogP contribution in [-0.2, 0) is 0 Å². The molecule has 0 radical (unpaired) electrons. The van der Waals surface area contributed by atoms with E-state index in [1.54, 1.807) is 6.07 Å². The Balaban J connectivity index is 2.16. The second-order valence-electron chi connectivity index (χ2n) is 7.89. The molecule has 1 saturated carbocycles. The number of rotatable bonds is 3. The molecule has 118 valence electrons. The highest BCUT2D eigenvalue weighted by atomic mass is 28.4. The summed E-state index contributed by atoms with van der Waals surface area (Å²) in [5.41, 5.74) is 1.15. The zero-order chi connectivity index (χ0) is 15.7. The third-order valence-electron chi connectivity index (χ3n) is 5.20. The van der Waals surface area contributed by atoms with Crippen molar-refractivity contribution in [3.8, 4) is 5.75 Å². The summed E-state index contributed by atoms with van der Waals surface area (Å²) in [6.45, 7) is 10.8. The maximum atomic E-state index is 14.4. The Bertz CT molecular complexity index is 484. The van der Waals surface area contributed by atoms with Gasteiger partial charge in [0.25, 0.3) is 8.32 Å². The predicted octanol–water partition coefficient (Wildman–Crippen LogP) is 6.26. The molecule has 2 rings (SSSR count). The van der Waals surface area contributed by atoms with Crippen molar-refractivity contribution in [2.75, 3.05) is 0 Å². The molecule has 1 nitrogen and oxygen atoms in total. The topological polar surface area (TPSA) is 9.23 Å². The van der Waals surface area contributed by atoms with E-state index < -0.39 is 8.32 Å². The molecule has 1 aliphatic carbocycles. The van der Waals surface area contributed by atoms with Crippen LogP contribution in [0.3, 0.4) is 0 Å². The van der Waals surface area contributed by atoms with E-state index in [1.807, 2.05) is 6.07 Å². The third kappa shape index (κ3) is 3.88. The van der Waals surface area contributed by atoms with E-state index in [0.717, 1.165) is 5.56 Å². The molecule has 21 heavy (non-hydrogen) atoms. The average Bonchev–Trinajstić information content (AvgIpc) is 2.40. The number of benzene rings is 1. The van der Waals surface area contributed by atoms with Crippen molar-refractivity contribution in [3.63, 3.8) is 0 Å². The maximum absolute atomic E-state index is 14.4. The van der Waals surface area contributed by atoms with Crippen molar-refractivity contribution in [2.45, 2.75) is 76.9 Å². The van der Waals surface area contributed by atoms with Gasteiger partial charge in [0, 0.05) is 0 Å². The summed E-state index contributed by atoms with van der Waals surface area (Å²) in [6, 6.07) is 5.62. The van der Waals surface area contributed by atoms with E-state index in [9.17, 15) is 4.39 Å². The van der Waals surface area contributed by atoms with Gasteiger partial charge in [-0.15, -0.1) is 0 Å². The summed E-state index contributed by atoms with van der Waals surface area (Å²) < 4.78 is 20.5. The Labute approximate surface area is 130 Å². The smallest absolute Gasteiger partial charge is 0.250 e. The van der Waals surface area contributed by atoms with Gasteiger partial charge < -0.3 is 4.43 Å². The molecule has 0 aromatic heterocycles. The quantitative estimate of drug-likeness (QED) is 0.599. The highest BCUT2D eigenvalue weighted by Gasteiger charge is 2.39. The van der Waals surface area contributed by atoms with Crippen LogP contribution < -0.4 is 4.43 Å². The van der Waals surface area contributed by atoms with Crippen LogP contribution in [0.4, 0.5) is 4.39 Å². The van der Waals surface area contributed by atoms with E-state index in [-0.39, 0.29) is 10.9 Å². The van der Waals surface area contributed by atoms with Crippen molar-refractivity contribution in [3.05, 3.63) is 29.6 Å². The molecule has 1 aliphatic rings. The van der Waals surface area contributed by atoms with Crippen LogP contribution in [-0.4, -0.2) is 8.32 Å². The summed E-state index contributed by atoms with van der Waals surface area (Å²) >= 11 is 0. The van der Waals surface area contributed by atoms with E-state index >= 15 is 0 Å². The lowest BCUT2D eigenvalue weighted by molar-refractivity contribution is 0.435. The molecule has 1 aromatic rings. The van der Waals surface area contributed by atoms with Crippen molar-refractivity contribution < 1.29 is 8.82 Å². The summed E-state index contributed by atoms with van der Waals surface area (Å²) in [7, 11) is -1.97. The predicted molar refractivity (Wildman–Crippen MR) is 90.1 cm³/mol. The van der Waals surface area contributed by atoms with Crippen molar-refractivity contribution in [1.82, 2.24) is 0 Å². The second kappa shape index (κ2) is 6.11.